The zero-order valence-electron chi connectivity index (χ0n) is 16.8. The summed E-state index contributed by atoms with van der Waals surface area (Å²) in [6.07, 6.45) is 3.48. The van der Waals surface area contributed by atoms with Crippen LogP contribution < -0.4 is 0 Å². The molecule has 1 saturated carbocycles. The van der Waals surface area contributed by atoms with E-state index in [1.165, 1.54) is 5.56 Å². The minimum Gasteiger partial charge on any atom is -0.345 e. The summed E-state index contributed by atoms with van der Waals surface area (Å²) < 4.78 is 0. The summed E-state index contributed by atoms with van der Waals surface area (Å²) in [6.45, 7) is 2.94. The van der Waals surface area contributed by atoms with Crippen molar-refractivity contribution in [1.82, 2.24) is 20.0 Å². The number of fused-ring (bicyclic) bond motifs is 1. The van der Waals surface area contributed by atoms with Crippen molar-refractivity contribution in [1.29, 1.82) is 0 Å². The second-order valence-electron chi connectivity index (χ2n) is 8.26. The molecular formula is C22H28N4O2. The molecule has 2 amide bonds. The Bertz CT molecular complexity index is 873. The number of hydrogen-bond donors (Lipinski definition) is 1. The molecule has 0 bridgehead atoms. The molecule has 1 aliphatic heterocycles. The van der Waals surface area contributed by atoms with E-state index in [1.807, 2.05) is 42.1 Å². The number of aromatic amines is 1. The van der Waals surface area contributed by atoms with Gasteiger partial charge in [-0.2, -0.15) is 5.10 Å². The van der Waals surface area contributed by atoms with E-state index in [-0.39, 0.29) is 17.9 Å². The van der Waals surface area contributed by atoms with Crippen LogP contribution in [-0.4, -0.2) is 58.5 Å². The number of H-pyrrole nitrogens is 1. The predicted octanol–water partition coefficient (Wildman–Crippen LogP) is 2.97. The van der Waals surface area contributed by atoms with Gasteiger partial charge < -0.3 is 9.80 Å². The van der Waals surface area contributed by atoms with Gasteiger partial charge in [0.1, 0.15) is 5.69 Å². The molecule has 2 fully saturated rings. The topological polar surface area (TPSA) is 69.3 Å². The summed E-state index contributed by atoms with van der Waals surface area (Å²) in [4.78, 5) is 28.6. The highest BCUT2D eigenvalue weighted by molar-refractivity contribution is 5.93. The number of hydrogen-bond acceptors (Lipinski definition) is 3. The molecule has 1 aromatic heterocycles. The summed E-state index contributed by atoms with van der Waals surface area (Å²) in [5, 5.41) is 7.25. The van der Waals surface area contributed by atoms with Gasteiger partial charge in [0, 0.05) is 38.7 Å². The zero-order valence-corrected chi connectivity index (χ0v) is 16.8. The molecule has 0 radical (unpaired) electrons. The molecule has 1 N–H and O–H groups in total. The molecule has 1 aromatic carbocycles. The van der Waals surface area contributed by atoms with E-state index < -0.39 is 0 Å². The second kappa shape index (κ2) is 7.41. The lowest BCUT2D eigenvalue weighted by molar-refractivity contribution is -0.134. The number of likely N-dealkylation sites (tertiary alicyclic amines) is 1. The number of rotatable bonds is 4. The third kappa shape index (κ3) is 3.43. The van der Waals surface area contributed by atoms with Crippen LogP contribution in [0.4, 0.5) is 0 Å². The van der Waals surface area contributed by atoms with Crippen molar-refractivity contribution < 1.29 is 9.59 Å². The fourth-order valence-electron chi connectivity index (χ4n) is 4.65. The first kappa shape index (κ1) is 18.7. The van der Waals surface area contributed by atoms with Gasteiger partial charge in [-0.1, -0.05) is 31.2 Å². The fourth-order valence-corrected chi connectivity index (χ4v) is 4.65. The lowest BCUT2D eigenvalue weighted by Gasteiger charge is -2.31. The number of benzene rings is 1. The van der Waals surface area contributed by atoms with Crippen molar-refractivity contribution in [2.24, 2.45) is 11.8 Å². The van der Waals surface area contributed by atoms with Crippen molar-refractivity contribution in [2.75, 3.05) is 20.6 Å². The van der Waals surface area contributed by atoms with Crippen LogP contribution in [0.5, 0.6) is 0 Å². The molecule has 0 unspecified atom stereocenters. The van der Waals surface area contributed by atoms with Crippen molar-refractivity contribution >= 4 is 11.8 Å². The lowest BCUT2D eigenvalue weighted by atomic mass is 9.88. The molecular weight excluding hydrogens is 352 g/mol. The number of aryl methyl sites for hydroxylation is 1. The molecule has 0 spiro atoms. The third-order valence-electron chi connectivity index (χ3n) is 6.52. The van der Waals surface area contributed by atoms with E-state index in [0.29, 0.717) is 24.0 Å². The van der Waals surface area contributed by atoms with Gasteiger partial charge in [0.25, 0.3) is 5.91 Å². The van der Waals surface area contributed by atoms with E-state index in [1.54, 1.807) is 0 Å². The van der Waals surface area contributed by atoms with Crippen LogP contribution in [0.25, 0.3) is 11.3 Å². The molecule has 1 saturated heterocycles. The van der Waals surface area contributed by atoms with Gasteiger partial charge in [-0.3, -0.25) is 14.7 Å². The smallest absolute Gasteiger partial charge is 0.271 e. The Morgan fingerprint density at radius 1 is 1.25 bits per heavy atom. The monoisotopic (exact) mass is 380 g/mol. The summed E-state index contributed by atoms with van der Waals surface area (Å²) >= 11 is 0. The maximum absolute atomic E-state index is 13.0. The molecule has 3 atom stereocenters. The SMILES string of the molecule is CCc1ccc(-c2cc(C(=O)N(C)[C@@H]3C[C@@H]4CC(=O)N(C)C[C@@H]4C3)[nH]n2)cc1. The van der Waals surface area contributed by atoms with E-state index >= 15 is 0 Å². The van der Waals surface area contributed by atoms with E-state index in [9.17, 15) is 9.59 Å². The second-order valence-corrected chi connectivity index (χ2v) is 8.26. The van der Waals surface area contributed by atoms with Gasteiger partial charge in [-0.25, -0.2) is 0 Å². The molecule has 6 heteroatoms. The first-order chi connectivity index (χ1) is 13.5. The molecule has 2 aliphatic rings. The molecule has 6 nitrogen and oxygen atoms in total. The van der Waals surface area contributed by atoms with Crippen LogP contribution in [0, 0.1) is 11.8 Å². The Kier molecular flexibility index (Phi) is 4.96. The molecule has 28 heavy (non-hydrogen) atoms. The molecule has 4 rings (SSSR count). The maximum Gasteiger partial charge on any atom is 0.271 e. The third-order valence-corrected chi connectivity index (χ3v) is 6.52. The zero-order chi connectivity index (χ0) is 19.8. The van der Waals surface area contributed by atoms with E-state index in [0.717, 1.165) is 37.1 Å². The molecule has 148 valence electrons. The van der Waals surface area contributed by atoms with Crippen LogP contribution in [-0.2, 0) is 11.2 Å². The normalized spacial score (nSPS) is 24.3. The number of piperidine rings is 1. The lowest BCUT2D eigenvalue weighted by Crippen LogP contribution is -2.40. The fraction of sp³-hybridized carbons (Fsp3) is 0.500. The van der Waals surface area contributed by atoms with E-state index in [2.05, 4.69) is 29.3 Å². The summed E-state index contributed by atoms with van der Waals surface area (Å²) in [6, 6.07) is 10.3. The Hall–Kier alpha value is -2.63. The number of nitrogens with one attached hydrogen (secondary N) is 1. The number of carbonyl (C=O) groups is 2. The van der Waals surface area contributed by atoms with Crippen LogP contribution in [0.3, 0.4) is 0 Å². The number of nitrogens with zero attached hydrogens (tertiary/aromatic N) is 3. The van der Waals surface area contributed by atoms with E-state index in [4.69, 9.17) is 0 Å². The standard InChI is InChI=1S/C22H28N4O2/c1-4-14-5-7-15(8-6-14)19-12-20(24-23-19)22(28)26(3)18-9-16-11-21(27)25(2)13-17(16)10-18/h5-8,12,16-18H,4,9-11,13H2,1-3H3,(H,23,24)/t16-,17+,18-/m1/s1. The first-order valence-corrected chi connectivity index (χ1v) is 10.1. The van der Waals surface area contributed by atoms with Crippen molar-refractivity contribution in [3.05, 3.63) is 41.6 Å². The van der Waals surface area contributed by atoms with Crippen LogP contribution in [0.15, 0.2) is 30.3 Å². The quantitative estimate of drug-likeness (QED) is 0.887. The first-order valence-electron chi connectivity index (χ1n) is 10.1. The van der Waals surface area contributed by atoms with Crippen molar-refractivity contribution in [3.63, 3.8) is 0 Å². The van der Waals surface area contributed by atoms with Crippen LogP contribution in [0.1, 0.15) is 42.2 Å². The summed E-state index contributed by atoms with van der Waals surface area (Å²) in [7, 11) is 3.74. The molecule has 2 heterocycles. The highest BCUT2D eigenvalue weighted by atomic mass is 16.2. The van der Waals surface area contributed by atoms with Gasteiger partial charge >= 0.3 is 0 Å². The van der Waals surface area contributed by atoms with Gasteiger partial charge in [0.05, 0.1) is 5.69 Å². The van der Waals surface area contributed by atoms with Crippen LogP contribution >= 0.6 is 0 Å². The molecule has 1 aliphatic carbocycles. The average Bonchev–Trinajstić information content (AvgIpc) is 3.34. The number of aromatic nitrogens is 2. The minimum atomic E-state index is -0.0349. The Morgan fingerprint density at radius 3 is 2.68 bits per heavy atom. The number of carbonyl (C=O) groups excluding carboxylic acids is 2. The van der Waals surface area contributed by atoms with Gasteiger partial charge in [-0.05, 0) is 42.7 Å². The summed E-state index contributed by atoms with van der Waals surface area (Å²) in [5.74, 6) is 1.09. The highest BCUT2D eigenvalue weighted by Crippen LogP contribution is 2.40. The summed E-state index contributed by atoms with van der Waals surface area (Å²) in [5.41, 5.74) is 3.58. The average molecular weight is 380 g/mol. The minimum absolute atomic E-state index is 0.0349. The molecule has 2 aromatic rings. The Balaban J connectivity index is 1.44. The van der Waals surface area contributed by atoms with Crippen molar-refractivity contribution in [3.8, 4) is 11.3 Å². The largest absolute Gasteiger partial charge is 0.345 e. The van der Waals surface area contributed by atoms with Gasteiger partial charge in [0.15, 0.2) is 0 Å². The Labute approximate surface area is 165 Å². The number of amides is 2. The van der Waals surface area contributed by atoms with Crippen LogP contribution in [0.2, 0.25) is 0 Å². The van der Waals surface area contributed by atoms with Crippen molar-refractivity contribution in [2.45, 2.75) is 38.6 Å². The van der Waals surface area contributed by atoms with Gasteiger partial charge in [0.2, 0.25) is 5.91 Å². The maximum atomic E-state index is 13.0. The Morgan fingerprint density at radius 2 is 1.96 bits per heavy atom. The van der Waals surface area contributed by atoms with Gasteiger partial charge in [-0.15, -0.1) is 0 Å². The predicted molar refractivity (Wildman–Crippen MR) is 108 cm³/mol. The highest BCUT2D eigenvalue weighted by Gasteiger charge is 2.42.